The average molecular weight is 619 g/mol. The van der Waals surface area contributed by atoms with Gasteiger partial charge in [-0.1, -0.05) is 25.7 Å². The minimum atomic E-state index is -1.17. The third-order valence-electron chi connectivity index (χ3n) is 7.39. The van der Waals surface area contributed by atoms with Gasteiger partial charge in [-0.15, -0.1) is 0 Å². The van der Waals surface area contributed by atoms with Gasteiger partial charge in [-0.3, -0.25) is 4.90 Å². The van der Waals surface area contributed by atoms with E-state index in [4.69, 9.17) is 19.3 Å². The molecule has 0 amide bonds. The zero-order valence-electron chi connectivity index (χ0n) is 23.2. The Balaban J connectivity index is 1.44. The summed E-state index contributed by atoms with van der Waals surface area (Å²) >= 11 is 3.54. The number of pyridine rings is 1. The molecule has 0 unspecified atom stereocenters. The van der Waals surface area contributed by atoms with Gasteiger partial charge in [0.15, 0.2) is 0 Å². The van der Waals surface area contributed by atoms with Crippen LogP contribution in [0.1, 0.15) is 6.42 Å². The molecule has 2 fully saturated rings. The third-order valence-corrected chi connectivity index (χ3v) is 9.52. The lowest BCUT2D eigenvalue weighted by atomic mass is 10.1. The van der Waals surface area contributed by atoms with Crippen LogP contribution in [-0.2, 0) is 16.2 Å². The van der Waals surface area contributed by atoms with Gasteiger partial charge in [-0.2, -0.15) is 5.10 Å². The topological polar surface area (TPSA) is 85.1 Å². The highest BCUT2D eigenvalue weighted by molar-refractivity contribution is 9.10. The molecule has 0 saturated carbocycles. The van der Waals surface area contributed by atoms with Crippen molar-refractivity contribution in [2.45, 2.75) is 44.9 Å². The molecule has 0 bridgehead atoms. The monoisotopic (exact) mass is 617 g/mol. The Morgan fingerprint density at radius 3 is 2.85 bits per heavy atom. The maximum atomic E-state index is 9.36. The number of fused-ring (bicyclic) bond motifs is 2. The summed E-state index contributed by atoms with van der Waals surface area (Å²) in [6, 6.07) is 9.88. The van der Waals surface area contributed by atoms with E-state index in [9.17, 15) is 5.11 Å². The van der Waals surface area contributed by atoms with Crippen LogP contribution in [0.2, 0.25) is 25.7 Å². The SMILES string of the molecule is C[Si](C)(C)CCOCn1nc(-c2ccc(N3CCN4CCOC[C@H]4C3)c(OCCCO)c2)c2cc(Br)ncc21. The second-order valence-corrected chi connectivity index (χ2v) is 18.0. The van der Waals surface area contributed by atoms with E-state index in [1.54, 1.807) is 0 Å². The fourth-order valence-corrected chi connectivity index (χ4v) is 6.23. The highest BCUT2D eigenvalue weighted by Gasteiger charge is 2.31. The molecule has 0 spiro atoms. The van der Waals surface area contributed by atoms with Crippen molar-refractivity contribution in [1.82, 2.24) is 19.7 Å². The number of nitrogens with zero attached hydrogens (tertiary/aromatic N) is 5. The van der Waals surface area contributed by atoms with Crippen LogP contribution >= 0.6 is 15.9 Å². The lowest BCUT2D eigenvalue weighted by Gasteiger charge is -2.44. The van der Waals surface area contributed by atoms with Crippen LogP contribution in [-0.4, -0.2) is 98.1 Å². The van der Waals surface area contributed by atoms with Crippen molar-refractivity contribution in [1.29, 1.82) is 0 Å². The first kappa shape index (κ1) is 28.5. The number of aliphatic hydroxyl groups is 1. The van der Waals surface area contributed by atoms with Crippen molar-refractivity contribution >= 4 is 40.6 Å². The lowest BCUT2D eigenvalue weighted by Crippen LogP contribution is -2.58. The number of hydrogen-bond donors (Lipinski definition) is 1. The molecule has 1 aromatic carbocycles. The zero-order valence-corrected chi connectivity index (χ0v) is 25.8. The van der Waals surface area contributed by atoms with Crippen LogP contribution in [0.15, 0.2) is 35.1 Å². The molecule has 2 aromatic heterocycles. The van der Waals surface area contributed by atoms with Crippen LogP contribution < -0.4 is 9.64 Å². The number of ether oxygens (including phenoxy) is 3. The molecule has 4 heterocycles. The van der Waals surface area contributed by atoms with E-state index in [0.29, 0.717) is 25.8 Å². The molecule has 11 heteroatoms. The summed E-state index contributed by atoms with van der Waals surface area (Å²) in [5, 5.41) is 15.3. The predicted octanol–water partition coefficient (Wildman–Crippen LogP) is 4.46. The Kier molecular flexibility index (Phi) is 9.25. The van der Waals surface area contributed by atoms with E-state index in [1.807, 2.05) is 16.9 Å². The number of morpholine rings is 1. The summed E-state index contributed by atoms with van der Waals surface area (Å²) in [7, 11) is -1.17. The maximum absolute atomic E-state index is 9.36. The summed E-state index contributed by atoms with van der Waals surface area (Å²) in [4.78, 5) is 9.38. The lowest BCUT2D eigenvalue weighted by molar-refractivity contribution is -0.0117. The number of rotatable bonds is 11. The van der Waals surface area contributed by atoms with Gasteiger partial charge in [0, 0.05) is 64.8 Å². The van der Waals surface area contributed by atoms with E-state index in [1.165, 1.54) is 0 Å². The highest BCUT2D eigenvalue weighted by Crippen LogP contribution is 2.37. The van der Waals surface area contributed by atoms with Gasteiger partial charge in [-0.25, -0.2) is 9.67 Å². The van der Waals surface area contributed by atoms with Gasteiger partial charge < -0.3 is 24.2 Å². The molecule has 2 aliphatic heterocycles. The van der Waals surface area contributed by atoms with Crippen molar-refractivity contribution in [3.63, 3.8) is 0 Å². The highest BCUT2D eigenvalue weighted by atomic mass is 79.9. The minimum absolute atomic E-state index is 0.0981. The first-order valence-electron chi connectivity index (χ1n) is 13.9. The number of anilines is 1. The standard InChI is InChI=1S/C28H40BrN5O4Si/c1-39(2,3)14-13-37-20-34-25-17-30-27(29)16-23(25)28(31-34)21-5-6-24(26(15-21)38-11-4-10-35)33-8-7-32-9-12-36-19-22(32)18-33/h5-6,15-17,22,35H,4,7-14,18-20H2,1-3H3/t22-/m1/s1. The summed E-state index contributed by atoms with van der Waals surface area (Å²) in [5.41, 5.74) is 3.84. The summed E-state index contributed by atoms with van der Waals surface area (Å²) in [6.07, 6.45) is 2.43. The Hall–Kier alpha value is -2.02. The summed E-state index contributed by atoms with van der Waals surface area (Å²) in [5.74, 6) is 0.813. The molecule has 3 aromatic rings. The third kappa shape index (κ3) is 7.01. The normalized spacial score (nSPS) is 18.5. The number of aromatic nitrogens is 3. The molecular formula is C28H40BrN5O4Si. The Labute approximate surface area is 240 Å². The van der Waals surface area contributed by atoms with Crippen molar-refractivity contribution < 1.29 is 19.3 Å². The van der Waals surface area contributed by atoms with Crippen molar-refractivity contribution in [2.24, 2.45) is 0 Å². The zero-order chi connectivity index (χ0) is 27.4. The van der Waals surface area contributed by atoms with Crippen molar-refractivity contribution in [3.8, 4) is 17.0 Å². The van der Waals surface area contributed by atoms with Crippen LogP contribution in [0, 0.1) is 0 Å². The van der Waals surface area contributed by atoms with Gasteiger partial charge in [0.2, 0.25) is 0 Å². The fourth-order valence-electron chi connectivity index (χ4n) is 5.14. The van der Waals surface area contributed by atoms with Gasteiger partial charge >= 0.3 is 0 Å². The van der Waals surface area contributed by atoms with E-state index in [2.05, 4.69) is 68.6 Å². The second kappa shape index (κ2) is 12.7. The largest absolute Gasteiger partial charge is 0.491 e. The Morgan fingerprint density at radius 2 is 2.03 bits per heavy atom. The quantitative estimate of drug-likeness (QED) is 0.192. The fraction of sp³-hybridized carbons (Fsp3) is 0.571. The van der Waals surface area contributed by atoms with Crippen LogP contribution in [0.25, 0.3) is 22.2 Å². The first-order chi connectivity index (χ1) is 18.8. The first-order valence-corrected chi connectivity index (χ1v) is 18.4. The molecule has 212 valence electrons. The Morgan fingerprint density at radius 1 is 1.15 bits per heavy atom. The number of hydrogen-bond acceptors (Lipinski definition) is 8. The number of halogens is 1. The van der Waals surface area contributed by atoms with Crippen molar-refractivity contribution in [2.75, 3.05) is 64.1 Å². The van der Waals surface area contributed by atoms with E-state index < -0.39 is 8.07 Å². The average Bonchev–Trinajstić information content (AvgIpc) is 3.28. The minimum Gasteiger partial charge on any atom is -0.491 e. The maximum Gasteiger partial charge on any atom is 0.143 e. The second-order valence-electron chi connectivity index (χ2n) is 11.5. The van der Waals surface area contributed by atoms with Crippen molar-refractivity contribution in [3.05, 3.63) is 35.1 Å². The number of piperazine rings is 1. The molecule has 9 nitrogen and oxygen atoms in total. The van der Waals surface area contributed by atoms with Crippen LogP contribution in [0.5, 0.6) is 5.75 Å². The van der Waals surface area contributed by atoms with Gasteiger partial charge in [0.05, 0.1) is 43.3 Å². The van der Waals surface area contributed by atoms with E-state index >= 15 is 0 Å². The molecular weight excluding hydrogens is 578 g/mol. The van der Waals surface area contributed by atoms with Gasteiger partial charge in [0.1, 0.15) is 22.8 Å². The summed E-state index contributed by atoms with van der Waals surface area (Å²) in [6.45, 7) is 14.2. The van der Waals surface area contributed by atoms with Gasteiger partial charge in [0.25, 0.3) is 0 Å². The Bertz CT molecular complexity index is 1270. The molecule has 5 rings (SSSR count). The summed E-state index contributed by atoms with van der Waals surface area (Å²) < 4.78 is 20.7. The van der Waals surface area contributed by atoms with E-state index in [0.717, 1.165) is 90.2 Å². The number of aliphatic hydroxyl groups excluding tert-OH is 1. The van der Waals surface area contributed by atoms with Crippen LogP contribution in [0.3, 0.4) is 0 Å². The molecule has 1 N–H and O–H groups in total. The van der Waals surface area contributed by atoms with Gasteiger partial charge in [-0.05, 0) is 40.2 Å². The molecule has 39 heavy (non-hydrogen) atoms. The molecule has 1 atom stereocenters. The predicted molar refractivity (Wildman–Crippen MR) is 160 cm³/mol. The molecule has 0 aliphatic carbocycles. The molecule has 2 aliphatic rings. The van der Waals surface area contributed by atoms with Crippen LogP contribution in [0.4, 0.5) is 5.69 Å². The van der Waals surface area contributed by atoms with E-state index in [-0.39, 0.29) is 6.61 Å². The number of benzene rings is 1. The molecule has 0 radical (unpaired) electrons. The molecule has 2 saturated heterocycles. The smallest absolute Gasteiger partial charge is 0.143 e.